The molecular weight excluding hydrogens is 598 g/mol. The van der Waals surface area contributed by atoms with E-state index >= 15 is 0 Å². The molecule has 13 heteroatoms. The minimum absolute atomic E-state index is 0.0855. The summed E-state index contributed by atoms with van der Waals surface area (Å²) in [6.45, 7) is 9.37. The van der Waals surface area contributed by atoms with Crippen molar-refractivity contribution < 1.29 is 19.1 Å². The number of aromatic nitrogens is 7. The molecule has 0 saturated heterocycles. The van der Waals surface area contributed by atoms with Gasteiger partial charge in [-0.05, 0) is 56.0 Å². The van der Waals surface area contributed by atoms with Crippen LogP contribution in [-0.2, 0) is 22.6 Å². The zero-order valence-electron chi connectivity index (χ0n) is 27.6. The Morgan fingerprint density at radius 3 is 2.34 bits per heavy atom. The van der Waals surface area contributed by atoms with E-state index in [1.807, 2.05) is 48.9 Å². The largest absolute Gasteiger partial charge is 0.460 e. The van der Waals surface area contributed by atoms with Gasteiger partial charge in [0.05, 0.1) is 43.1 Å². The molecule has 0 aliphatic rings. The van der Waals surface area contributed by atoms with Crippen molar-refractivity contribution >= 4 is 40.4 Å². The molecule has 0 saturated carbocycles. The van der Waals surface area contributed by atoms with E-state index < -0.39 is 12.1 Å². The van der Waals surface area contributed by atoms with Crippen LogP contribution in [0.15, 0.2) is 55.0 Å². The smallest absolute Gasteiger partial charge is 0.412 e. The minimum Gasteiger partial charge on any atom is -0.460 e. The summed E-state index contributed by atoms with van der Waals surface area (Å²) in [6.07, 6.45) is 9.11. The zero-order chi connectivity index (χ0) is 33.3. The van der Waals surface area contributed by atoms with Crippen LogP contribution in [0, 0.1) is 13.8 Å². The number of hydrogen-bond acceptors (Lipinski definition) is 10. The quantitative estimate of drug-likeness (QED) is 0.110. The average Bonchev–Trinajstić information content (AvgIpc) is 3.70. The van der Waals surface area contributed by atoms with Gasteiger partial charge >= 0.3 is 12.1 Å². The fourth-order valence-corrected chi connectivity index (χ4v) is 5.42. The first-order valence-corrected chi connectivity index (χ1v) is 15.9. The van der Waals surface area contributed by atoms with Crippen molar-refractivity contribution in [1.29, 1.82) is 0 Å². The SMILES string of the molecule is CCCCCCOC(=O)Nc1cc(C)c(N(C)c2nc(C(=O)OCC)nc3nn(Cc4ccc(Cn5cccn5)cc4)cc23)c(C)n1. The molecule has 1 aromatic carbocycles. The number of esters is 1. The molecule has 5 rings (SSSR count). The summed E-state index contributed by atoms with van der Waals surface area (Å²) in [6, 6.07) is 11.9. The van der Waals surface area contributed by atoms with Crippen molar-refractivity contribution in [3.63, 3.8) is 0 Å². The summed E-state index contributed by atoms with van der Waals surface area (Å²) < 4.78 is 14.2. The summed E-state index contributed by atoms with van der Waals surface area (Å²) in [5.41, 5.74) is 4.80. The molecule has 0 unspecified atom stereocenters. The number of aryl methyl sites for hydroxylation is 2. The van der Waals surface area contributed by atoms with Gasteiger partial charge in [-0.25, -0.2) is 19.6 Å². The Bertz CT molecular complexity index is 1790. The number of pyridine rings is 1. The summed E-state index contributed by atoms with van der Waals surface area (Å²) in [7, 11) is 1.85. The number of carbonyl (C=O) groups excluding carboxylic acids is 2. The third-order valence-corrected chi connectivity index (χ3v) is 7.61. The predicted octanol–water partition coefficient (Wildman–Crippen LogP) is 6.20. The lowest BCUT2D eigenvalue weighted by atomic mass is 10.1. The second-order valence-corrected chi connectivity index (χ2v) is 11.3. The fourth-order valence-electron chi connectivity index (χ4n) is 5.42. The van der Waals surface area contributed by atoms with Gasteiger partial charge in [-0.3, -0.25) is 14.7 Å². The van der Waals surface area contributed by atoms with E-state index in [9.17, 15) is 9.59 Å². The molecule has 13 nitrogen and oxygen atoms in total. The number of unbranched alkanes of at least 4 members (excludes halogenated alkanes) is 3. The number of rotatable bonds is 14. The van der Waals surface area contributed by atoms with E-state index in [4.69, 9.17) is 14.6 Å². The number of ether oxygens (including phenoxy) is 2. The van der Waals surface area contributed by atoms with E-state index in [-0.39, 0.29) is 12.4 Å². The molecule has 246 valence electrons. The van der Waals surface area contributed by atoms with Crippen molar-refractivity contribution in [2.45, 2.75) is 66.5 Å². The molecular formula is C34H41N9O4. The summed E-state index contributed by atoms with van der Waals surface area (Å²) in [4.78, 5) is 40.7. The van der Waals surface area contributed by atoms with Crippen molar-refractivity contribution in [3.8, 4) is 0 Å². The predicted molar refractivity (Wildman–Crippen MR) is 179 cm³/mol. The molecule has 0 aliphatic carbocycles. The van der Waals surface area contributed by atoms with E-state index in [0.29, 0.717) is 48.1 Å². The van der Waals surface area contributed by atoms with Gasteiger partial charge in [-0.1, -0.05) is 50.5 Å². The van der Waals surface area contributed by atoms with E-state index in [1.165, 1.54) is 0 Å². The van der Waals surface area contributed by atoms with Gasteiger partial charge in [0.15, 0.2) is 5.65 Å². The maximum Gasteiger partial charge on any atom is 0.412 e. The van der Waals surface area contributed by atoms with Crippen LogP contribution in [0.1, 0.15) is 72.5 Å². The first-order valence-electron chi connectivity index (χ1n) is 15.9. The molecule has 5 aromatic rings. The molecule has 0 radical (unpaired) electrons. The highest BCUT2D eigenvalue weighted by atomic mass is 16.5. The van der Waals surface area contributed by atoms with Crippen molar-refractivity contribution in [2.75, 3.05) is 30.5 Å². The molecule has 0 aliphatic heterocycles. The van der Waals surface area contributed by atoms with Gasteiger partial charge in [0.25, 0.3) is 0 Å². The van der Waals surface area contributed by atoms with Crippen LogP contribution in [0.3, 0.4) is 0 Å². The standard InChI is InChI=1S/C34H41N9O4/c1-6-8-9-10-18-47-34(45)37-28-19-23(3)29(24(4)36-28)41(5)32-27-22-43(40-30(27)38-31(39-32)33(44)46-7-2)21-26-14-12-25(13-15-26)20-42-17-11-16-35-42/h11-17,19,22H,6-10,18,20-21H2,1-5H3,(H,36,37,45). The second kappa shape index (κ2) is 15.3. The lowest BCUT2D eigenvalue weighted by Crippen LogP contribution is -2.20. The lowest BCUT2D eigenvalue weighted by molar-refractivity contribution is 0.0512. The maximum atomic E-state index is 12.8. The third-order valence-electron chi connectivity index (χ3n) is 7.61. The van der Waals surface area contributed by atoms with Crippen LogP contribution in [0.4, 0.5) is 22.1 Å². The van der Waals surface area contributed by atoms with Crippen molar-refractivity contribution in [3.05, 3.63) is 83.2 Å². The summed E-state index contributed by atoms with van der Waals surface area (Å²) in [5, 5.41) is 12.4. The van der Waals surface area contributed by atoms with Gasteiger partial charge in [-0.2, -0.15) is 15.2 Å². The molecule has 1 N–H and O–H groups in total. The van der Waals surface area contributed by atoms with Crippen LogP contribution in [0.25, 0.3) is 11.0 Å². The first-order chi connectivity index (χ1) is 22.7. The Morgan fingerprint density at radius 2 is 1.68 bits per heavy atom. The Hall–Kier alpha value is -5.33. The molecule has 47 heavy (non-hydrogen) atoms. The fraction of sp³-hybridized carbons (Fsp3) is 0.382. The normalized spacial score (nSPS) is 11.1. The Morgan fingerprint density at radius 1 is 0.936 bits per heavy atom. The monoisotopic (exact) mass is 639 g/mol. The van der Waals surface area contributed by atoms with Gasteiger partial charge in [0.1, 0.15) is 11.6 Å². The lowest BCUT2D eigenvalue weighted by Gasteiger charge is -2.23. The van der Waals surface area contributed by atoms with E-state index in [2.05, 4.69) is 56.6 Å². The van der Waals surface area contributed by atoms with Crippen LogP contribution in [-0.4, -0.2) is 66.8 Å². The number of amides is 1. The minimum atomic E-state index is -0.634. The molecule has 0 fully saturated rings. The highest BCUT2D eigenvalue weighted by molar-refractivity contribution is 5.94. The number of benzene rings is 1. The maximum absolute atomic E-state index is 12.8. The second-order valence-electron chi connectivity index (χ2n) is 11.3. The summed E-state index contributed by atoms with van der Waals surface area (Å²) >= 11 is 0. The Balaban J connectivity index is 1.39. The topological polar surface area (TPSA) is 142 Å². The van der Waals surface area contributed by atoms with Crippen LogP contribution >= 0.6 is 0 Å². The van der Waals surface area contributed by atoms with Gasteiger partial charge in [0.2, 0.25) is 5.82 Å². The van der Waals surface area contributed by atoms with Gasteiger partial charge in [0, 0.05) is 25.6 Å². The Labute approximate surface area is 273 Å². The number of carbonyl (C=O) groups is 2. The van der Waals surface area contributed by atoms with E-state index in [0.717, 1.165) is 48.1 Å². The third kappa shape index (κ3) is 8.29. The molecule has 4 heterocycles. The molecule has 0 spiro atoms. The number of anilines is 3. The number of fused-ring (bicyclic) bond motifs is 1. The van der Waals surface area contributed by atoms with Crippen LogP contribution < -0.4 is 10.2 Å². The molecule has 1 amide bonds. The molecule has 4 aromatic heterocycles. The number of nitrogens with one attached hydrogen (secondary N) is 1. The number of hydrogen-bond donors (Lipinski definition) is 1. The highest BCUT2D eigenvalue weighted by Crippen LogP contribution is 2.33. The average molecular weight is 640 g/mol. The molecule has 0 atom stereocenters. The van der Waals surface area contributed by atoms with E-state index in [1.54, 1.807) is 23.9 Å². The first kappa shape index (κ1) is 33.0. The van der Waals surface area contributed by atoms with Crippen molar-refractivity contribution in [1.82, 2.24) is 34.5 Å². The van der Waals surface area contributed by atoms with Gasteiger partial charge < -0.3 is 14.4 Å². The Kier molecular flexibility index (Phi) is 10.8. The highest BCUT2D eigenvalue weighted by Gasteiger charge is 2.23. The number of nitrogens with zero attached hydrogens (tertiary/aromatic N) is 8. The molecule has 0 bridgehead atoms. The zero-order valence-corrected chi connectivity index (χ0v) is 27.6. The van der Waals surface area contributed by atoms with Crippen LogP contribution in [0.2, 0.25) is 0 Å². The van der Waals surface area contributed by atoms with Crippen LogP contribution in [0.5, 0.6) is 0 Å². The van der Waals surface area contributed by atoms with Crippen molar-refractivity contribution in [2.24, 2.45) is 0 Å². The summed E-state index contributed by atoms with van der Waals surface area (Å²) in [5.74, 6) is 0.140. The van der Waals surface area contributed by atoms with Gasteiger partial charge in [-0.15, -0.1) is 0 Å².